The van der Waals surface area contributed by atoms with Crippen LogP contribution < -0.4 is 16.4 Å². The topological polar surface area (TPSA) is 76.4 Å². The van der Waals surface area contributed by atoms with Crippen LogP contribution in [0.3, 0.4) is 0 Å². The zero-order valence-corrected chi connectivity index (χ0v) is 12.4. The molecule has 1 atom stereocenters. The van der Waals surface area contributed by atoms with Gasteiger partial charge in [0.25, 0.3) is 0 Å². The van der Waals surface area contributed by atoms with Crippen molar-refractivity contribution < 1.29 is 13.9 Å². The number of methoxy groups -OCH3 is 1. The Bertz CT molecular complexity index is 457. The van der Waals surface area contributed by atoms with E-state index < -0.39 is 11.9 Å². The van der Waals surface area contributed by atoms with Crippen LogP contribution in [-0.2, 0) is 9.53 Å². The molecule has 0 spiro atoms. The van der Waals surface area contributed by atoms with Crippen molar-refractivity contribution in [1.29, 1.82) is 0 Å². The molecule has 1 aromatic rings. The van der Waals surface area contributed by atoms with E-state index >= 15 is 0 Å². The maximum Gasteiger partial charge on any atom is 0.242 e. The zero-order chi connectivity index (χ0) is 14.4. The second-order valence-corrected chi connectivity index (χ2v) is 4.86. The summed E-state index contributed by atoms with van der Waals surface area (Å²) >= 11 is 3.07. The van der Waals surface area contributed by atoms with Crippen LogP contribution in [0.25, 0.3) is 0 Å². The lowest BCUT2D eigenvalue weighted by Crippen LogP contribution is -2.39. The molecule has 0 aliphatic heterocycles. The van der Waals surface area contributed by atoms with E-state index in [1.165, 1.54) is 12.1 Å². The smallest absolute Gasteiger partial charge is 0.242 e. The van der Waals surface area contributed by atoms with E-state index in [4.69, 9.17) is 10.5 Å². The summed E-state index contributed by atoms with van der Waals surface area (Å²) in [6.45, 7) is 2.57. The number of carbonyl (C=O) groups excluding carboxylic acids is 1. The molecule has 0 aromatic heterocycles. The van der Waals surface area contributed by atoms with Gasteiger partial charge in [-0.1, -0.05) is 0 Å². The molecule has 4 N–H and O–H groups in total. The molecule has 0 saturated carbocycles. The summed E-state index contributed by atoms with van der Waals surface area (Å²) in [5.41, 5.74) is 6.44. The summed E-state index contributed by atoms with van der Waals surface area (Å²) in [5.74, 6) is -0.628. The van der Waals surface area contributed by atoms with Crippen molar-refractivity contribution in [3.63, 3.8) is 0 Å². The first-order chi connectivity index (χ1) is 8.95. The summed E-state index contributed by atoms with van der Waals surface area (Å²) in [4.78, 5) is 11.7. The fraction of sp³-hybridized carbons (Fsp3) is 0.417. The summed E-state index contributed by atoms with van der Waals surface area (Å²) in [6.07, 6.45) is 0. The van der Waals surface area contributed by atoms with Crippen LogP contribution in [-0.4, -0.2) is 32.2 Å². The molecule has 1 aromatic carbocycles. The third-order valence-corrected chi connectivity index (χ3v) is 3.07. The molecule has 1 amide bonds. The number of hydrogen-bond donors (Lipinski definition) is 3. The Morgan fingerprint density at radius 2 is 2.26 bits per heavy atom. The highest BCUT2D eigenvalue weighted by atomic mass is 79.9. The number of nitrogens with one attached hydrogen (secondary N) is 2. The molecule has 0 aliphatic carbocycles. The minimum Gasteiger partial charge on any atom is -0.397 e. The SMILES string of the molecule is COCCNC(=O)C(C)Nc1cc(Br)c(F)cc1N. The van der Waals surface area contributed by atoms with Gasteiger partial charge < -0.3 is 21.1 Å². The maximum atomic E-state index is 13.2. The van der Waals surface area contributed by atoms with Gasteiger partial charge >= 0.3 is 0 Å². The Balaban J connectivity index is 2.63. The third kappa shape index (κ3) is 4.68. The second kappa shape index (κ2) is 7.30. The van der Waals surface area contributed by atoms with Gasteiger partial charge in [-0.2, -0.15) is 0 Å². The second-order valence-electron chi connectivity index (χ2n) is 4.00. The Hall–Kier alpha value is -1.34. The minimum absolute atomic E-state index is 0.183. The average molecular weight is 334 g/mol. The largest absolute Gasteiger partial charge is 0.397 e. The van der Waals surface area contributed by atoms with E-state index in [2.05, 4.69) is 26.6 Å². The number of hydrogen-bond acceptors (Lipinski definition) is 4. The number of halogens is 2. The Morgan fingerprint density at radius 1 is 1.58 bits per heavy atom. The zero-order valence-electron chi connectivity index (χ0n) is 10.8. The predicted octanol–water partition coefficient (Wildman–Crippen LogP) is 1.73. The number of anilines is 2. The molecule has 19 heavy (non-hydrogen) atoms. The van der Waals surface area contributed by atoms with Crippen LogP contribution in [0.1, 0.15) is 6.92 Å². The number of benzene rings is 1. The fourth-order valence-corrected chi connectivity index (χ4v) is 1.76. The number of nitrogens with two attached hydrogens (primary N) is 1. The van der Waals surface area contributed by atoms with E-state index in [0.717, 1.165) is 0 Å². The van der Waals surface area contributed by atoms with Gasteiger partial charge in [0.15, 0.2) is 0 Å². The van der Waals surface area contributed by atoms with E-state index in [0.29, 0.717) is 18.8 Å². The Kier molecular flexibility index (Phi) is 6.04. The van der Waals surface area contributed by atoms with Crippen LogP contribution in [0, 0.1) is 5.82 Å². The predicted molar refractivity (Wildman–Crippen MR) is 76.5 cm³/mol. The van der Waals surface area contributed by atoms with Crippen molar-refractivity contribution in [2.45, 2.75) is 13.0 Å². The summed E-state index contributed by atoms with van der Waals surface area (Å²) < 4.78 is 18.3. The molecule has 7 heteroatoms. The van der Waals surface area contributed by atoms with Crippen molar-refractivity contribution in [2.75, 3.05) is 31.3 Å². The van der Waals surface area contributed by atoms with Crippen molar-refractivity contribution in [3.8, 4) is 0 Å². The maximum absolute atomic E-state index is 13.2. The van der Waals surface area contributed by atoms with Crippen molar-refractivity contribution in [3.05, 3.63) is 22.4 Å². The number of carbonyl (C=O) groups is 1. The van der Waals surface area contributed by atoms with Crippen molar-refractivity contribution in [1.82, 2.24) is 5.32 Å². The average Bonchev–Trinajstić information content (AvgIpc) is 2.36. The molecule has 0 fully saturated rings. The van der Waals surface area contributed by atoms with Gasteiger partial charge in [0.1, 0.15) is 11.9 Å². The number of nitrogen functional groups attached to an aromatic ring is 1. The van der Waals surface area contributed by atoms with Crippen LogP contribution >= 0.6 is 15.9 Å². The molecule has 5 nitrogen and oxygen atoms in total. The van der Waals surface area contributed by atoms with Crippen molar-refractivity contribution in [2.24, 2.45) is 0 Å². The number of ether oxygens (including phenoxy) is 1. The highest BCUT2D eigenvalue weighted by Gasteiger charge is 2.14. The highest BCUT2D eigenvalue weighted by Crippen LogP contribution is 2.27. The van der Waals surface area contributed by atoms with E-state index in [-0.39, 0.29) is 16.1 Å². The minimum atomic E-state index is -0.489. The van der Waals surface area contributed by atoms with Crippen LogP contribution in [0.5, 0.6) is 0 Å². The lowest BCUT2D eigenvalue weighted by atomic mass is 10.2. The molecule has 0 radical (unpaired) electrons. The van der Waals surface area contributed by atoms with E-state index in [1.54, 1.807) is 14.0 Å². The van der Waals surface area contributed by atoms with Gasteiger partial charge in [-0.15, -0.1) is 0 Å². The van der Waals surface area contributed by atoms with Crippen LogP contribution in [0.4, 0.5) is 15.8 Å². The molecule has 106 valence electrons. The summed E-state index contributed by atoms with van der Waals surface area (Å²) in [6, 6.07) is 2.21. The van der Waals surface area contributed by atoms with Gasteiger partial charge in [-0.05, 0) is 28.9 Å². The lowest BCUT2D eigenvalue weighted by Gasteiger charge is -2.17. The third-order valence-electron chi connectivity index (χ3n) is 2.46. The summed E-state index contributed by atoms with van der Waals surface area (Å²) in [7, 11) is 1.56. The highest BCUT2D eigenvalue weighted by molar-refractivity contribution is 9.10. The molecule has 1 rings (SSSR count). The molecule has 0 bridgehead atoms. The first kappa shape index (κ1) is 15.7. The van der Waals surface area contributed by atoms with E-state index in [9.17, 15) is 9.18 Å². The van der Waals surface area contributed by atoms with Gasteiger partial charge in [0.2, 0.25) is 5.91 Å². The summed E-state index contributed by atoms with van der Waals surface area (Å²) in [5, 5.41) is 5.63. The van der Waals surface area contributed by atoms with E-state index in [1.807, 2.05) is 0 Å². The van der Waals surface area contributed by atoms with Gasteiger partial charge in [-0.3, -0.25) is 4.79 Å². The normalized spacial score (nSPS) is 12.0. The number of amides is 1. The molecule has 0 aliphatic rings. The molecular weight excluding hydrogens is 317 g/mol. The monoisotopic (exact) mass is 333 g/mol. The number of rotatable bonds is 6. The van der Waals surface area contributed by atoms with Crippen molar-refractivity contribution >= 4 is 33.2 Å². The molecular formula is C12H17BrFN3O2. The van der Waals surface area contributed by atoms with Gasteiger partial charge in [0, 0.05) is 19.7 Å². The quantitative estimate of drug-likeness (QED) is 0.547. The molecule has 0 saturated heterocycles. The van der Waals surface area contributed by atoms with Crippen LogP contribution in [0.15, 0.2) is 16.6 Å². The first-order valence-corrected chi connectivity index (χ1v) is 6.52. The van der Waals surface area contributed by atoms with Gasteiger partial charge in [-0.25, -0.2) is 4.39 Å². The van der Waals surface area contributed by atoms with Gasteiger partial charge in [0.05, 0.1) is 22.5 Å². The first-order valence-electron chi connectivity index (χ1n) is 5.73. The standard InChI is InChI=1S/C12H17BrFN3O2/c1-7(12(18)16-3-4-19-2)17-11-5-8(13)9(14)6-10(11)15/h5-7,17H,3-4,15H2,1-2H3,(H,16,18). The molecule has 1 unspecified atom stereocenters. The fourth-order valence-electron chi connectivity index (χ4n) is 1.42. The van der Waals surface area contributed by atoms with Crippen LogP contribution in [0.2, 0.25) is 0 Å². The Labute approximate surface area is 119 Å². The molecule has 0 heterocycles. The Morgan fingerprint density at radius 3 is 2.89 bits per heavy atom. The lowest BCUT2D eigenvalue weighted by molar-refractivity contribution is -0.121.